The van der Waals surface area contributed by atoms with E-state index in [1.807, 2.05) is 0 Å². The number of hydrogen-bond donors (Lipinski definition) is 0. The van der Waals surface area contributed by atoms with Gasteiger partial charge in [0.05, 0.1) is 4.92 Å². The van der Waals surface area contributed by atoms with Crippen LogP contribution in [0, 0.1) is 24.0 Å². The van der Waals surface area contributed by atoms with Crippen LogP contribution in [-0.2, 0) is 0 Å². The van der Waals surface area contributed by atoms with Gasteiger partial charge in [-0.2, -0.15) is 0 Å². The summed E-state index contributed by atoms with van der Waals surface area (Å²) in [7, 11) is 0. The van der Waals surface area contributed by atoms with Gasteiger partial charge in [0.2, 0.25) is 5.88 Å². The number of esters is 1. The molecule has 0 saturated carbocycles. The van der Waals surface area contributed by atoms with Crippen LogP contribution in [0.4, 0.5) is 5.69 Å². The summed E-state index contributed by atoms with van der Waals surface area (Å²) in [6.45, 7) is 3.50. The Kier molecular flexibility index (Phi) is 3.74. The number of nitrogens with zero attached hydrogens (tertiary/aromatic N) is 2. The maximum atomic E-state index is 12.0. The number of rotatable bonds is 3. The number of hydrogen-bond acceptors (Lipinski definition) is 5. The molecular weight excluding hydrogens is 260 g/mol. The number of ether oxygens (including phenoxy) is 1. The van der Waals surface area contributed by atoms with Gasteiger partial charge >= 0.3 is 5.97 Å². The first kappa shape index (κ1) is 13.7. The number of aryl methyl sites for hydroxylation is 2. The van der Waals surface area contributed by atoms with Gasteiger partial charge in [-0.15, -0.1) is 0 Å². The van der Waals surface area contributed by atoms with E-state index < -0.39 is 10.9 Å². The van der Waals surface area contributed by atoms with E-state index >= 15 is 0 Å². The van der Waals surface area contributed by atoms with Gasteiger partial charge in [-0.25, -0.2) is 9.78 Å². The lowest BCUT2D eigenvalue weighted by Crippen LogP contribution is -2.12. The number of nitro groups is 1. The monoisotopic (exact) mass is 272 g/mol. The molecule has 1 heterocycles. The van der Waals surface area contributed by atoms with Crippen molar-refractivity contribution in [1.82, 2.24) is 4.98 Å². The Morgan fingerprint density at radius 2 is 2.00 bits per heavy atom. The zero-order valence-electron chi connectivity index (χ0n) is 11.0. The van der Waals surface area contributed by atoms with E-state index in [-0.39, 0.29) is 17.1 Å². The lowest BCUT2D eigenvalue weighted by molar-refractivity contribution is -0.385. The molecule has 0 fully saturated rings. The normalized spacial score (nSPS) is 10.1. The van der Waals surface area contributed by atoms with Crippen LogP contribution in [0.25, 0.3) is 0 Å². The third-order valence-electron chi connectivity index (χ3n) is 2.63. The van der Waals surface area contributed by atoms with Crippen LogP contribution in [0.3, 0.4) is 0 Å². The van der Waals surface area contributed by atoms with E-state index in [2.05, 4.69) is 4.98 Å². The Hall–Kier alpha value is -2.76. The predicted octanol–water partition coefficient (Wildman–Crippen LogP) is 2.83. The molecule has 2 aromatic rings. The minimum Gasteiger partial charge on any atom is -0.404 e. The molecule has 0 aliphatic rings. The van der Waals surface area contributed by atoms with Crippen molar-refractivity contribution < 1.29 is 14.5 Å². The molecule has 0 spiro atoms. The van der Waals surface area contributed by atoms with Crippen LogP contribution in [-0.4, -0.2) is 15.9 Å². The second-order valence-corrected chi connectivity index (χ2v) is 4.28. The molecule has 0 unspecified atom stereocenters. The minimum absolute atomic E-state index is 0.0849. The first-order chi connectivity index (χ1) is 9.47. The largest absolute Gasteiger partial charge is 0.404 e. The molecule has 0 atom stereocenters. The summed E-state index contributed by atoms with van der Waals surface area (Å²) in [4.78, 5) is 26.4. The second-order valence-electron chi connectivity index (χ2n) is 4.28. The van der Waals surface area contributed by atoms with Gasteiger partial charge in [0.25, 0.3) is 5.69 Å². The third-order valence-corrected chi connectivity index (χ3v) is 2.63. The number of pyridine rings is 1. The van der Waals surface area contributed by atoms with Gasteiger partial charge in [0.15, 0.2) is 0 Å². The molecule has 0 N–H and O–H groups in total. The zero-order valence-corrected chi connectivity index (χ0v) is 11.0. The summed E-state index contributed by atoms with van der Waals surface area (Å²) >= 11 is 0. The Bertz CT molecular complexity index is 683. The van der Waals surface area contributed by atoms with Crippen molar-refractivity contribution >= 4 is 11.7 Å². The number of carbonyl (C=O) groups excluding carboxylic acids is 1. The van der Waals surface area contributed by atoms with Gasteiger partial charge in [-0.1, -0.05) is 12.1 Å². The summed E-state index contributed by atoms with van der Waals surface area (Å²) in [6, 6.07) is 9.25. The van der Waals surface area contributed by atoms with E-state index in [9.17, 15) is 14.9 Å². The van der Waals surface area contributed by atoms with E-state index in [1.165, 1.54) is 18.2 Å². The Morgan fingerprint density at radius 3 is 2.65 bits per heavy atom. The van der Waals surface area contributed by atoms with Crippen LogP contribution in [0.15, 0.2) is 36.4 Å². The Labute approximate surface area is 115 Å². The van der Waals surface area contributed by atoms with Gasteiger partial charge in [0.1, 0.15) is 5.56 Å². The first-order valence-electron chi connectivity index (χ1n) is 5.88. The molecule has 0 bridgehead atoms. The second kappa shape index (κ2) is 5.48. The molecule has 2 rings (SSSR count). The summed E-state index contributed by atoms with van der Waals surface area (Å²) in [5.41, 5.74) is 1.06. The molecule has 20 heavy (non-hydrogen) atoms. The van der Waals surface area contributed by atoms with Crippen LogP contribution < -0.4 is 4.74 Å². The van der Waals surface area contributed by atoms with Crippen molar-refractivity contribution in [3.8, 4) is 5.88 Å². The smallest absolute Gasteiger partial charge is 0.351 e. The number of aromatic nitrogens is 1. The minimum atomic E-state index is -0.793. The van der Waals surface area contributed by atoms with Gasteiger partial charge in [-0.3, -0.25) is 10.1 Å². The van der Waals surface area contributed by atoms with Crippen molar-refractivity contribution in [2.75, 3.05) is 0 Å². The van der Waals surface area contributed by atoms with Crippen molar-refractivity contribution in [2.24, 2.45) is 0 Å². The lowest BCUT2D eigenvalue weighted by Gasteiger charge is -2.05. The average Bonchev–Trinajstić information content (AvgIpc) is 2.38. The molecule has 1 aromatic heterocycles. The molecule has 0 aliphatic carbocycles. The van der Waals surface area contributed by atoms with Crippen molar-refractivity contribution in [3.63, 3.8) is 0 Å². The van der Waals surface area contributed by atoms with Crippen molar-refractivity contribution in [3.05, 3.63) is 63.3 Å². The van der Waals surface area contributed by atoms with Crippen LogP contribution in [0.1, 0.15) is 21.6 Å². The highest BCUT2D eigenvalue weighted by molar-refractivity contribution is 5.95. The quantitative estimate of drug-likeness (QED) is 0.487. The van der Waals surface area contributed by atoms with Gasteiger partial charge < -0.3 is 4.74 Å². The molecule has 102 valence electrons. The first-order valence-corrected chi connectivity index (χ1v) is 5.88. The number of nitro benzene ring substituents is 1. The van der Waals surface area contributed by atoms with E-state index in [0.717, 1.165) is 5.56 Å². The Balaban J connectivity index is 2.34. The molecule has 0 amide bonds. The fraction of sp³-hybridized carbons (Fsp3) is 0.143. The summed E-state index contributed by atoms with van der Waals surface area (Å²) in [5.74, 6) is -0.677. The van der Waals surface area contributed by atoms with E-state index in [4.69, 9.17) is 4.74 Å². The molecule has 0 aliphatic heterocycles. The molecule has 1 aromatic carbocycles. The maximum Gasteiger partial charge on any atom is 0.351 e. The summed E-state index contributed by atoms with van der Waals surface area (Å²) in [6.07, 6.45) is 0. The molecule has 6 heteroatoms. The van der Waals surface area contributed by atoms with Gasteiger partial charge in [0, 0.05) is 17.8 Å². The Morgan fingerprint density at radius 1 is 1.25 bits per heavy atom. The van der Waals surface area contributed by atoms with Crippen molar-refractivity contribution in [2.45, 2.75) is 13.8 Å². The maximum absolute atomic E-state index is 12.0. The van der Waals surface area contributed by atoms with Crippen LogP contribution in [0.2, 0.25) is 0 Å². The number of benzene rings is 1. The van der Waals surface area contributed by atoms with Crippen LogP contribution >= 0.6 is 0 Å². The summed E-state index contributed by atoms with van der Waals surface area (Å²) in [5, 5.41) is 10.9. The van der Waals surface area contributed by atoms with Crippen molar-refractivity contribution in [1.29, 1.82) is 0 Å². The highest BCUT2D eigenvalue weighted by atomic mass is 16.6. The van der Waals surface area contributed by atoms with Gasteiger partial charge in [-0.05, 0) is 31.5 Å². The average molecular weight is 272 g/mol. The predicted molar refractivity (Wildman–Crippen MR) is 71.8 cm³/mol. The molecule has 0 radical (unpaired) electrons. The van der Waals surface area contributed by atoms with Crippen LogP contribution in [0.5, 0.6) is 5.88 Å². The zero-order chi connectivity index (χ0) is 14.7. The third kappa shape index (κ3) is 2.97. The lowest BCUT2D eigenvalue weighted by atomic mass is 10.1. The fourth-order valence-electron chi connectivity index (χ4n) is 1.70. The highest BCUT2D eigenvalue weighted by Crippen LogP contribution is 2.21. The highest BCUT2D eigenvalue weighted by Gasteiger charge is 2.22. The molecular formula is C14H12N2O4. The fourth-order valence-corrected chi connectivity index (χ4v) is 1.70. The van der Waals surface area contributed by atoms with E-state index in [1.54, 1.807) is 32.0 Å². The summed E-state index contributed by atoms with van der Waals surface area (Å²) < 4.78 is 5.07. The number of carbonyl (C=O) groups is 1. The molecule has 6 nitrogen and oxygen atoms in total. The molecule has 0 saturated heterocycles. The SMILES string of the molecule is Cc1ccc([N+](=O)[O-])c(C(=O)Oc2cccc(C)n2)c1. The topological polar surface area (TPSA) is 82.3 Å². The van der Waals surface area contributed by atoms with E-state index in [0.29, 0.717) is 5.69 Å². The standard InChI is InChI=1S/C14H12N2O4/c1-9-6-7-12(16(18)19)11(8-9)14(17)20-13-5-3-4-10(2)15-13/h3-8H,1-2H3.